The van der Waals surface area contributed by atoms with Gasteiger partial charge in [0.15, 0.2) is 5.82 Å². The monoisotopic (exact) mass is 253 g/mol. The first-order valence-electron chi connectivity index (χ1n) is 5.50. The highest BCUT2D eigenvalue weighted by molar-refractivity contribution is 6.28. The second kappa shape index (κ2) is 4.84. The maximum atomic E-state index is 12.8. The van der Waals surface area contributed by atoms with Crippen LogP contribution in [0.2, 0.25) is 5.28 Å². The molecular weight excluding hydrogens is 241 g/mol. The Labute approximate surface area is 104 Å². The average molecular weight is 254 g/mol. The van der Waals surface area contributed by atoms with E-state index in [0.29, 0.717) is 16.8 Å². The highest BCUT2D eigenvalue weighted by Gasteiger charge is 2.13. The fraction of sp³-hybridized carbons (Fsp3) is 0.333. The molecule has 0 aliphatic rings. The van der Waals surface area contributed by atoms with E-state index in [1.165, 1.54) is 16.8 Å². The fourth-order valence-electron chi connectivity index (χ4n) is 1.45. The maximum Gasteiger partial charge on any atom is 0.225 e. The van der Waals surface area contributed by atoms with Gasteiger partial charge in [-0.05, 0) is 42.3 Å². The van der Waals surface area contributed by atoms with E-state index in [1.807, 2.05) is 6.92 Å². The first-order valence-corrected chi connectivity index (χ1v) is 5.88. The Morgan fingerprint density at radius 2 is 2.00 bits per heavy atom. The van der Waals surface area contributed by atoms with Gasteiger partial charge in [-0.15, -0.1) is 5.10 Å². The zero-order valence-corrected chi connectivity index (χ0v) is 10.4. The van der Waals surface area contributed by atoms with Crippen LogP contribution in [-0.2, 0) is 0 Å². The van der Waals surface area contributed by atoms with E-state index in [4.69, 9.17) is 11.6 Å². The molecule has 0 aliphatic carbocycles. The summed E-state index contributed by atoms with van der Waals surface area (Å²) >= 11 is 6.02. The Kier molecular flexibility index (Phi) is 3.43. The predicted octanol–water partition coefficient (Wildman–Crippen LogP) is 3.57. The van der Waals surface area contributed by atoms with Gasteiger partial charge in [0.25, 0.3) is 0 Å². The van der Waals surface area contributed by atoms with Crippen LogP contribution in [0.15, 0.2) is 24.3 Å². The Hall–Kier alpha value is -1.42. The third-order valence-corrected chi connectivity index (χ3v) is 2.95. The number of nitrogens with zero attached hydrogens (tertiary/aromatic N) is 3. The molecule has 0 saturated heterocycles. The zero-order chi connectivity index (χ0) is 12.4. The van der Waals surface area contributed by atoms with E-state index in [0.717, 1.165) is 6.42 Å². The highest BCUT2D eigenvalue weighted by atomic mass is 35.5. The minimum absolute atomic E-state index is 0.259. The Morgan fingerprint density at radius 3 is 2.59 bits per heavy atom. The van der Waals surface area contributed by atoms with Gasteiger partial charge in [-0.25, -0.2) is 14.1 Å². The number of halogens is 2. The molecule has 1 aromatic carbocycles. The van der Waals surface area contributed by atoms with Gasteiger partial charge in [0, 0.05) is 5.92 Å². The van der Waals surface area contributed by atoms with Gasteiger partial charge in [0.05, 0.1) is 5.69 Å². The normalized spacial score (nSPS) is 12.7. The zero-order valence-electron chi connectivity index (χ0n) is 9.69. The second-order valence-electron chi connectivity index (χ2n) is 3.94. The van der Waals surface area contributed by atoms with E-state index in [2.05, 4.69) is 17.0 Å². The predicted molar refractivity (Wildman–Crippen MR) is 65.0 cm³/mol. The molecule has 3 nitrogen and oxygen atoms in total. The molecule has 2 aromatic rings. The molecule has 90 valence electrons. The molecule has 1 unspecified atom stereocenters. The average Bonchev–Trinajstić information content (AvgIpc) is 2.71. The quantitative estimate of drug-likeness (QED) is 0.837. The van der Waals surface area contributed by atoms with Crippen molar-refractivity contribution in [2.45, 2.75) is 26.2 Å². The first kappa shape index (κ1) is 12.0. The summed E-state index contributed by atoms with van der Waals surface area (Å²) in [6, 6.07) is 5.99. The lowest BCUT2D eigenvalue weighted by molar-refractivity contribution is 0.626. The van der Waals surface area contributed by atoms with Crippen LogP contribution in [0.4, 0.5) is 4.39 Å². The summed E-state index contributed by atoms with van der Waals surface area (Å²) in [7, 11) is 0. The summed E-state index contributed by atoms with van der Waals surface area (Å²) in [5, 5.41) is 4.63. The third-order valence-electron chi connectivity index (χ3n) is 2.71. The standard InChI is InChI=1S/C12H13ClFN3/c1-3-8(2)11-15-12(13)17(16-11)10-6-4-9(14)5-7-10/h4-8H,3H2,1-2H3. The summed E-state index contributed by atoms with van der Waals surface area (Å²) in [6.45, 7) is 4.11. The summed E-state index contributed by atoms with van der Waals surface area (Å²) in [6.07, 6.45) is 0.948. The molecule has 1 aromatic heterocycles. The van der Waals surface area contributed by atoms with Gasteiger partial charge in [0.1, 0.15) is 5.82 Å². The van der Waals surface area contributed by atoms with Crippen molar-refractivity contribution in [3.8, 4) is 5.69 Å². The lowest BCUT2D eigenvalue weighted by Crippen LogP contribution is -1.99. The molecule has 0 aliphatic heterocycles. The molecule has 17 heavy (non-hydrogen) atoms. The summed E-state index contributed by atoms with van der Waals surface area (Å²) < 4.78 is 14.3. The highest BCUT2D eigenvalue weighted by Crippen LogP contribution is 2.20. The fourth-order valence-corrected chi connectivity index (χ4v) is 1.67. The van der Waals surface area contributed by atoms with E-state index in [9.17, 15) is 4.39 Å². The van der Waals surface area contributed by atoms with E-state index in [-0.39, 0.29) is 11.7 Å². The van der Waals surface area contributed by atoms with Crippen LogP contribution in [0.3, 0.4) is 0 Å². The van der Waals surface area contributed by atoms with Crippen LogP contribution >= 0.6 is 11.6 Å². The number of hydrogen-bond donors (Lipinski definition) is 0. The van der Waals surface area contributed by atoms with Gasteiger partial charge in [-0.1, -0.05) is 13.8 Å². The Morgan fingerprint density at radius 1 is 1.35 bits per heavy atom. The number of aromatic nitrogens is 3. The van der Waals surface area contributed by atoms with E-state index in [1.54, 1.807) is 12.1 Å². The van der Waals surface area contributed by atoms with Gasteiger partial charge in [0.2, 0.25) is 5.28 Å². The van der Waals surface area contributed by atoms with Crippen LogP contribution in [0.1, 0.15) is 32.0 Å². The largest absolute Gasteiger partial charge is 0.225 e. The third kappa shape index (κ3) is 2.47. The molecule has 0 spiro atoms. The molecule has 0 amide bonds. The van der Waals surface area contributed by atoms with Crippen molar-refractivity contribution in [2.24, 2.45) is 0 Å². The van der Waals surface area contributed by atoms with Crippen LogP contribution in [0.5, 0.6) is 0 Å². The maximum absolute atomic E-state index is 12.8. The van der Waals surface area contributed by atoms with Crippen molar-refractivity contribution >= 4 is 11.6 Å². The van der Waals surface area contributed by atoms with E-state index >= 15 is 0 Å². The molecule has 1 heterocycles. The first-order chi connectivity index (χ1) is 8.11. The van der Waals surface area contributed by atoms with Crippen molar-refractivity contribution in [1.82, 2.24) is 14.8 Å². The molecule has 0 radical (unpaired) electrons. The van der Waals surface area contributed by atoms with Crippen LogP contribution in [-0.4, -0.2) is 14.8 Å². The molecule has 5 heteroatoms. The van der Waals surface area contributed by atoms with Crippen molar-refractivity contribution < 1.29 is 4.39 Å². The van der Waals surface area contributed by atoms with Crippen molar-refractivity contribution in [3.63, 3.8) is 0 Å². The van der Waals surface area contributed by atoms with Crippen molar-refractivity contribution in [1.29, 1.82) is 0 Å². The minimum Gasteiger partial charge on any atom is -0.207 e. The number of benzene rings is 1. The lowest BCUT2D eigenvalue weighted by Gasteiger charge is -2.02. The van der Waals surface area contributed by atoms with Crippen molar-refractivity contribution in [3.05, 3.63) is 41.2 Å². The minimum atomic E-state index is -0.285. The topological polar surface area (TPSA) is 30.7 Å². The smallest absolute Gasteiger partial charge is 0.207 e. The second-order valence-corrected chi connectivity index (χ2v) is 4.27. The van der Waals surface area contributed by atoms with Gasteiger partial charge >= 0.3 is 0 Å². The summed E-state index contributed by atoms with van der Waals surface area (Å²) in [5.74, 6) is 0.683. The molecule has 2 rings (SSSR count). The van der Waals surface area contributed by atoms with Crippen molar-refractivity contribution in [2.75, 3.05) is 0 Å². The van der Waals surface area contributed by atoms with Crippen LogP contribution in [0.25, 0.3) is 5.69 Å². The molecule has 0 bridgehead atoms. The van der Waals surface area contributed by atoms with Gasteiger partial charge in [-0.3, -0.25) is 0 Å². The Bertz CT molecular complexity index is 507. The molecule has 0 saturated carbocycles. The molecule has 0 fully saturated rings. The summed E-state index contributed by atoms with van der Waals surface area (Å²) in [5.41, 5.74) is 0.707. The lowest BCUT2D eigenvalue weighted by atomic mass is 10.1. The number of rotatable bonds is 3. The molecule has 0 N–H and O–H groups in total. The van der Waals surface area contributed by atoms with Gasteiger partial charge in [-0.2, -0.15) is 0 Å². The SMILES string of the molecule is CCC(C)c1nc(Cl)n(-c2ccc(F)cc2)n1. The summed E-state index contributed by atoms with van der Waals surface area (Å²) in [4.78, 5) is 4.20. The molecule has 1 atom stereocenters. The Balaban J connectivity index is 2.39. The van der Waals surface area contributed by atoms with Crippen LogP contribution in [0, 0.1) is 5.82 Å². The molecular formula is C12H13ClFN3. The van der Waals surface area contributed by atoms with Gasteiger partial charge < -0.3 is 0 Å². The van der Waals surface area contributed by atoms with Crippen LogP contribution < -0.4 is 0 Å². The van der Waals surface area contributed by atoms with E-state index < -0.39 is 0 Å². The number of hydrogen-bond acceptors (Lipinski definition) is 2.